The van der Waals surface area contributed by atoms with E-state index in [1.165, 1.54) is 0 Å². The lowest BCUT2D eigenvalue weighted by Gasteiger charge is -2.38. The normalized spacial score (nSPS) is 15.3. The van der Waals surface area contributed by atoms with Crippen LogP contribution in [0.4, 0.5) is 4.79 Å². The maximum Gasteiger partial charge on any atom is 0.318 e. The topological polar surface area (TPSA) is 63.7 Å². The molecule has 4 rings (SSSR count). The van der Waals surface area contributed by atoms with Crippen LogP contribution in [-0.4, -0.2) is 36.7 Å². The molecule has 0 bridgehead atoms. The molecule has 0 spiro atoms. The summed E-state index contributed by atoms with van der Waals surface area (Å²) in [6.07, 6.45) is 4.23. The van der Waals surface area contributed by atoms with Crippen molar-refractivity contribution in [2.24, 2.45) is 0 Å². The highest BCUT2D eigenvalue weighted by Crippen LogP contribution is 2.40. The Morgan fingerprint density at radius 3 is 2.57 bits per heavy atom. The molecule has 30 heavy (non-hydrogen) atoms. The van der Waals surface area contributed by atoms with Gasteiger partial charge in [-0.05, 0) is 46.9 Å². The van der Waals surface area contributed by atoms with Crippen LogP contribution in [0, 0.1) is 0 Å². The first-order valence-electron chi connectivity index (χ1n) is 9.94. The van der Waals surface area contributed by atoms with Crippen molar-refractivity contribution >= 4 is 6.03 Å². The third-order valence-electron chi connectivity index (χ3n) is 5.42. The number of carbonyl (C=O) groups excluding carboxylic acids is 1. The van der Waals surface area contributed by atoms with Crippen molar-refractivity contribution in [3.05, 3.63) is 89.2 Å². The molecule has 0 saturated heterocycles. The van der Waals surface area contributed by atoms with E-state index in [2.05, 4.69) is 22.4 Å². The molecule has 6 heteroatoms. The summed E-state index contributed by atoms with van der Waals surface area (Å²) < 4.78 is 11.0. The van der Waals surface area contributed by atoms with Crippen molar-refractivity contribution < 1.29 is 14.3 Å². The molecule has 1 atom stereocenters. The molecule has 2 heterocycles. The molecule has 3 aromatic rings. The Kier molecular flexibility index (Phi) is 5.84. The Labute approximate surface area is 176 Å². The average molecular weight is 403 g/mol. The van der Waals surface area contributed by atoms with Crippen molar-refractivity contribution in [3.8, 4) is 11.5 Å². The molecular weight excluding hydrogens is 378 g/mol. The van der Waals surface area contributed by atoms with Gasteiger partial charge in [-0.25, -0.2) is 4.79 Å². The zero-order valence-corrected chi connectivity index (χ0v) is 17.2. The van der Waals surface area contributed by atoms with Gasteiger partial charge in [-0.1, -0.05) is 36.4 Å². The summed E-state index contributed by atoms with van der Waals surface area (Å²) in [5, 5.41) is 3.04. The lowest BCUT2D eigenvalue weighted by molar-refractivity contribution is 0.179. The number of pyridine rings is 1. The minimum absolute atomic E-state index is 0.104. The van der Waals surface area contributed by atoms with Gasteiger partial charge in [0.15, 0.2) is 11.5 Å². The Morgan fingerprint density at radius 1 is 1.10 bits per heavy atom. The first kappa shape index (κ1) is 19.8. The van der Waals surface area contributed by atoms with Crippen LogP contribution < -0.4 is 14.8 Å². The Bertz CT molecular complexity index is 1010. The van der Waals surface area contributed by atoms with Crippen LogP contribution in [0.2, 0.25) is 0 Å². The molecular formula is C24H25N3O3. The molecule has 154 valence electrons. The third kappa shape index (κ3) is 3.94. The van der Waals surface area contributed by atoms with Crippen LogP contribution in [0.5, 0.6) is 11.5 Å². The van der Waals surface area contributed by atoms with Crippen molar-refractivity contribution in [1.82, 2.24) is 15.2 Å². The highest BCUT2D eigenvalue weighted by Gasteiger charge is 2.33. The molecule has 2 amide bonds. The molecule has 1 aliphatic rings. The number of nitrogens with one attached hydrogen (secondary N) is 1. The largest absolute Gasteiger partial charge is 0.493 e. The van der Waals surface area contributed by atoms with Crippen molar-refractivity contribution in [2.45, 2.75) is 19.0 Å². The minimum atomic E-state index is -0.205. The molecule has 1 unspecified atom stereocenters. The number of benzene rings is 2. The summed E-state index contributed by atoms with van der Waals surface area (Å²) in [5.41, 5.74) is 4.24. The van der Waals surface area contributed by atoms with Gasteiger partial charge in [-0.2, -0.15) is 0 Å². The van der Waals surface area contributed by atoms with E-state index in [1.807, 2.05) is 47.4 Å². The number of amides is 2. The number of fused-ring (bicyclic) bond motifs is 1. The molecule has 0 fully saturated rings. The fourth-order valence-corrected chi connectivity index (χ4v) is 3.94. The number of hydrogen-bond donors (Lipinski definition) is 1. The number of aromatic nitrogens is 1. The molecule has 2 aromatic carbocycles. The fourth-order valence-electron chi connectivity index (χ4n) is 3.94. The van der Waals surface area contributed by atoms with Crippen LogP contribution >= 0.6 is 0 Å². The predicted molar refractivity (Wildman–Crippen MR) is 115 cm³/mol. The second-order valence-electron chi connectivity index (χ2n) is 7.18. The Morgan fingerprint density at radius 2 is 1.87 bits per heavy atom. The van der Waals surface area contributed by atoms with Gasteiger partial charge in [-0.15, -0.1) is 0 Å². The van der Waals surface area contributed by atoms with Gasteiger partial charge in [0.1, 0.15) is 0 Å². The van der Waals surface area contributed by atoms with E-state index in [9.17, 15) is 4.79 Å². The number of rotatable bonds is 5. The third-order valence-corrected chi connectivity index (χ3v) is 5.42. The summed E-state index contributed by atoms with van der Waals surface area (Å²) >= 11 is 0. The molecule has 1 aromatic heterocycles. The van der Waals surface area contributed by atoms with Gasteiger partial charge in [-0.3, -0.25) is 4.98 Å². The Balaban J connectivity index is 1.68. The second-order valence-corrected chi connectivity index (χ2v) is 7.18. The quantitative estimate of drug-likeness (QED) is 0.701. The summed E-state index contributed by atoms with van der Waals surface area (Å²) in [7, 11) is 3.27. The van der Waals surface area contributed by atoms with E-state index >= 15 is 0 Å². The summed E-state index contributed by atoms with van der Waals surface area (Å²) in [4.78, 5) is 19.2. The summed E-state index contributed by atoms with van der Waals surface area (Å²) in [5.74, 6) is 1.37. The van der Waals surface area contributed by atoms with Crippen molar-refractivity contribution in [3.63, 3.8) is 0 Å². The zero-order chi connectivity index (χ0) is 20.9. The van der Waals surface area contributed by atoms with Gasteiger partial charge in [0.2, 0.25) is 0 Å². The highest BCUT2D eigenvalue weighted by molar-refractivity contribution is 5.76. The van der Waals surface area contributed by atoms with E-state index in [4.69, 9.17) is 9.47 Å². The van der Waals surface area contributed by atoms with Crippen LogP contribution in [-0.2, 0) is 13.0 Å². The van der Waals surface area contributed by atoms with E-state index in [1.54, 1.807) is 26.6 Å². The van der Waals surface area contributed by atoms with Gasteiger partial charge < -0.3 is 19.7 Å². The summed E-state index contributed by atoms with van der Waals surface area (Å²) in [6.45, 7) is 1.05. The van der Waals surface area contributed by atoms with Crippen molar-refractivity contribution in [1.29, 1.82) is 0 Å². The number of methoxy groups -OCH3 is 2. The minimum Gasteiger partial charge on any atom is -0.493 e. The second kappa shape index (κ2) is 8.86. The molecule has 0 radical (unpaired) electrons. The van der Waals surface area contributed by atoms with Crippen LogP contribution in [0.1, 0.15) is 28.3 Å². The molecule has 1 N–H and O–H groups in total. The standard InChI is InChI=1S/C24H25N3O3/c1-29-21-13-19-10-12-27(24(28)26-16-17-7-6-11-25-15-17)23(18-8-4-3-5-9-18)20(19)14-22(21)30-2/h3-9,11,13-15,23H,10,12,16H2,1-2H3,(H,26,28). The van der Waals surface area contributed by atoms with Gasteiger partial charge in [0.25, 0.3) is 0 Å². The van der Waals surface area contributed by atoms with E-state index in [-0.39, 0.29) is 12.1 Å². The highest BCUT2D eigenvalue weighted by atomic mass is 16.5. The zero-order valence-electron chi connectivity index (χ0n) is 17.2. The number of nitrogens with zero attached hydrogens (tertiary/aromatic N) is 2. The lowest BCUT2D eigenvalue weighted by atomic mass is 9.88. The van der Waals surface area contributed by atoms with Gasteiger partial charge in [0, 0.05) is 25.5 Å². The number of urea groups is 1. The van der Waals surface area contributed by atoms with Crippen LogP contribution in [0.15, 0.2) is 67.0 Å². The van der Waals surface area contributed by atoms with Crippen molar-refractivity contribution in [2.75, 3.05) is 20.8 Å². The molecule has 0 saturated carbocycles. The first-order valence-corrected chi connectivity index (χ1v) is 9.94. The maximum absolute atomic E-state index is 13.2. The lowest BCUT2D eigenvalue weighted by Crippen LogP contribution is -2.45. The smallest absolute Gasteiger partial charge is 0.318 e. The Hall–Kier alpha value is -3.54. The fraction of sp³-hybridized carbons (Fsp3) is 0.250. The molecule has 1 aliphatic heterocycles. The average Bonchev–Trinajstić information content (AvgIpc) is 2.82. The summed E-state index contributed by atoms with van der Waals surface area (Å²) in [6, 6.07) is 17.6. The number of carbonyl (C=O) groups is 1. The molecule has 6 nitrogen and oxygen atoms in total. The number of ether oxygens (including phenoxy) is 2. The monoisotopic (exact) mass is 403 g/mol. The maximum atomic E-state index is 13.2. The molecule has 0 aliphatic carbocycles. The van der Waals surface area contributed by atoms with Gasteiger partial charge >= 0.3 is 6.03 Å². The van der Waals surface area contributed by atoms with E-state index in [0.717, 1.165) is 28.7 Å². The van der Waals surface area contributed by atoms with Crippen LogP contribution in [0.3, 0.4) is 0 Å². The number of hydrogen-bond acceptors (Lipinski definition) is 4. The first-order chi connectivity index (χ1) is 14.7. The van der Waals surface area contributed by atoms with Gasteiger partial charge in [0.05, 0.1) is 20.3 Å². The van der Waals surface area contributed by atoms with E-state index < -0.39 is 0 Å². The SMILES string of the molecule is COc1cc2c(cc1OC)C(c1ccccc1)N(C(=O)NCc1cccnc1)CC2. The van der Waals surface area contributed by atoms with Crippen LogP contribution in [0.25, 0.3) is 0 Å². The predicted octanol–water partition coefficient (Wildman–Crippen LogP) is 3.96. The van der Waals surface area contributed by atoms with E-state index in [0.29, 0.717) is 24.6 Å².